The van der Waals surface area contributed by atoms with Crippen molar-refractivity contribution < 1.29 is 14.3 Å². The second kappa shape index (κ2) is 8.75. The fourth-order valence-corrected chi connectivity index (χ4v) is 7.37. The predicted octanol–water partition coefficient (Wildman–Crippen LogP) is 5.40. The summed E-state index contributed by atoms with van der Waals surface area (Å²) in [6.07, 6.45) is 5.33. The molecule has 2 aliphatic carbocycles. The molecule has 4 aliphatic rings. The third-order valence-electron chi connectivity index (χ3n) is 8.89. The molecule has 2 heterocycles. The van der Waals surface area contributed by atoms with Crippen LogP contribution in [0.15, 0.2) is 48.5 Å². The third-order valence-corrected chi connectivity index (χ3v) is 8.89. The van der Waals surface area contributed by atoms with E-state index in [1.165, 1.54) is 36.1 Å². The first-order valence-corrected chi connectivity index (χ1v) is 13.1. The largest absolute Gasteiger partial charge is 0.466 e. The summed E-state index contributed by atoms with van der Waals surface area (Å²) in [5.41, 5.74) is 4.70. The first kappa shape index (κ1) is 21.7. The average molecular weight is 459 g/mol. The normalized spacial score (nSPS) is 29.8. The number of carbonyl (C=O) groups excluding carboxylic acids is 2. The lowest BCUT2D eigenvalue weighted by Crippen LogP contribution is -2.41. The maximum atomic E-state index is 13.4. The van der Waals surface area contributed by atoms with Crippen LogP contribution >= 0.6 is 0 Å². The van der Waals surface area contributed by atoms with Gasteiger partial charge in [0, 0.05) is 24.3 Å². The summed E-state index contributed by atoms with van der Waals surface area (Å²) < 4.78 is 5.18. The molecule has 1 saturated heterocycles. The van der Waals surface area contributed by atoms with Crippen molar-refractivity contribution in [2.24, 2.45) is 23.7 Å². The number of hydrogen-bond donors (Lipinski definition) is 1. The van der Waals surface area contributed by atoms with E-state index in [0.29, 0.717) is 50.4 Å². The van der Waals surface area contributed by atoms with Gasteiger partial charge in [-0.1, -0.05) is 30.3 Å². The van der Waals surface area contributed by atoms with Crippen molar-refractivity contribution >= 4 is 17.6 Å². The van der Waals surface area contributed by atoms with Crippen LogP contribution < -0.4 is 5.32 Å². The Morgan fingerprint density at radius 2 is 1.76 bits per heavy atom. The average Bonchev–Trinajstić information content (AvgIpc) is 3.51. The number of likely N-dealkylation sites (tertiary alicyclic amines) is 1. The number of benzene rings is 2. The Morgan fingerprint density at radius 1 is 1.00 bits per heavy atom. The molecule has 2 saturated carbocycles. The van der Waals surface area contributed by atoms with Crippen molar-refractivity contribution in [2.75, 3.05) is 25.0 Å². The van der Waals surface area contributed by atoms with Crippen LogP contribution in [0.2, 0.25) is 0 Å². The minimum Gasteiger partial charge on any atom is -0.466 e. The first-order valence-electron chi connectivity index (χ1n) is 13.1. The van der Waals surface area contributed by atoms with Gasteiger partial charge in [-0.3, -0.25) is 9.59 Å². The van der Waals surface area contributed by atoms with Gasteiger partial charge in [-0.15, -0.1) is 0 Å². The second-order valence-corrected chi connectivity index (χ2v) is 10.6. The summed E-state index contributed by atoms with van der Waals surface area (Å²) in [6, 6.07) is 17.5. The van der Waals surface area contributed by atoms with Gasteiger partial charge in [0.2, 0.25) is 0 Å². The number of nitrogens with zero attached hydrogens (tertiary/aromatic N) is 1. The van der Waals surface area contributed by atoms with Crippen molar-refractivity contribution in [1.82, 2.24) is 4.90 Å². The van der Waals surface area contributed by atoms with Gasteiger partial charge in [0.25, 0.3) is 5.91 Å². The summed E-state index contributed by atoms with van der Waals surface area (Å²) in [5.74, 6) is 2.51. The molecule has 3 fully saturated rings. The predicted molar refractivity (Wildman–Crippen MR) is 132 cm³/mol. The molecule has 5 heteroatoms. The van der Waals surface area contributed by atoms with Gasteiger partial charge >= 0.3 is 5.97 Å². The molecule has 0 aromatic heterocycles. The molecule has 1 N–H and O–H groups in total. The Bertz CT molecular complexity index is 1080. The maximum absolute atomic E-state index is 13.4. The lowest BCUT2D eigenvalue weighted by Gasteiger charge is -2.43. The fraction of sp³-hybridized carbons (Fsp3) is 0.517. The zero-order valence-electron chi connectivity index (χ0n) is 19.9. The Morgan fingerprint density at radius 3 is 2.53 bits per heavy atom. The van der Waals surface area contributed by atoms with Crippen LogP contribution in [0.25, 0.3) is 0 Å². The number of anilines is 1. The monoisotopic (exact) mass is 458 g/mol. The quantitative estimate of drug-likeness (QED) is 0.624. The Labute approximate surface area is 201 Å². The van der Waals surface area contributed by atoms with E-state index in [2.05, 4.69) is 47.8 Å². The topological polar surface area (TPSA) is 58.6 Å². The van der Waals surface area contributed by atoms with Crippen molar-refractivity contribution in [2.45, 2.75) is 51.0 Å². The van der Waals surface area contributed by atoms with Crippen LogP contribution in [0.1, 0.15) is 72.5 Å². The maximum Gasteiger partial charge on any atom is 0.309 e. The molecule has 2 bridgehead atoms. The van der Waals surface area contributed by atoms with Crippen LogP contribution in [0.4, 0.5) is 5.69 Å². The number of carbonyl (C=O) groups is 2. The number of rotatable bonds is 4. The molecular weight excluding hydrogens is 424 g/mol. The molecule has 2 aromatic carbocycles. The molecule has 5 unspecified atom stereocenters. The molecule has 6 rings (SSSR count). The summed E-state index contributed by atoms with van der Waals surface area (Å²) >= 11 is 0. The van der Waals surface area contributed by atoms with Gasteiger partial charge in [-0.2, -0.15) is 0 Å². The molecule has 5 atom stereocenters. The minimum absolute atomic E-state index is 0.0820. The van der Waals surface area contributed by atoms with Gasteiger partial charge in [-0.05, 0) is 92.0 Å². The Kier molecular flexibility index (Phi) is 5.59. The van der Waals surface area contributed by atoms with E-state index in [9.17, 15) is 9.59 Å². The highest BCUT2D eigenvalue weighted by Crippen LogP contribution is 2.63. The smallest absolute Gasteiger partial charge is 0.309 e. The highest BCUT2D eigenvalue weighted by molar-refractivity contribution is 5.95. The van der Waals surface area contributed by atoms with Gasteiger partial charge < -0.3 is 15.0 Å². The fourth-order valence-electron chi connectivity index (χ4n) is 7.37. The Hall–Kier alpha value is -2.82. The first-order chi connectivity index (χ1) is 16.6. The van der Waals surface area contributed by atoms with Crippen LogP contribution in [-0.4, -0.2) is 36.5 Å². The molecule has 0 radical (unpaired) electrons. The van der Waals surface area contributed by atoms with Gasteiger partial charge in [0.1, 0.15) is 0 Å². The number of hydrogen-bond acceptors (Lipinski definition) is 4. The third kappa shape index (κ3) is 3.60. The van der Waals surface area contributed by atoms with E-state index >= 15 is 0 Å². The zero-order chi connectivity index (χ0) is 23.2. The highest BCUT2D eigenvalue weighted by Gasteiger charge is 2.53. The number of piperidine rings is 1. The van der Waals surface area contributed by atoms with Gasteiger partial charge in [-0.25, -0.2) is 0 Å². The lowest BCUT2D eigenvalue weighted by atomic mass is 9.68. The van der Waals surface area contributed by atoms with Crippen LogP contribution in [0, 0.1) is 23.7 Å². The minimum atomic E-state index is -0.121. The number of esters is 1. The number of amides is 1. The molecule has 2 aliphatic heterocycles. The van der Waals surface area contributed by atoms with E-state index in [1.54, 1.807) is 0 Å². The van der Waals surface area contributed by atoms with Crippen LogP contribution in [-0.2, 0) is 9.53 Å². The SMILES string of the molecule is CCOC(=O)C1CCN(C(=O)c2ccc3c(c2)C2C4CCC(C4)C2C(c2ccccc2)N3)CC1. The van der Waals surface area contributed by atoms with E-state index < -0.39 is 0 Å². The molecule has 178 valence electrons. The van der Waals surface area contributed by atoms with Crippen molar-refractivity contribution in [1.29, 1.82) is 0 Å². The summed E-state index contributed by atoms with van der Waals surface area (Å²) in [4.78, 5) is 27.4. The number of fused-ring (bicyclic) bond motifs is 7. The van der Waals surface area contributed by atoms with E-state index in [4.69, 9.17) is 4.74 Å². The second-order valence-electron chi connectivity index (χ2n) is 10.6. The number of ether oxygens (including phenoxy) is 1. The molecule has 34 heavy (non-hydrogen) atoms. The van der Waals surface area contributed by atoms with E-state index in [0.717, 1.165) is 17.4 Å². The van der Waals surface area contributed by atoms with Crippen LogP contribution in [0.3, 0.4) is 0 Å². The van der Waals surface area contributed by atoms with E-state index in [-0.39, 0.29) is 17.8 Å². The molecule has 2 aromatic rings. The summed E-state index contributed by atoms with van der Waals surface area (Å²) in [5, 5.41) is 3.87. The molecular formula is C29H34N2O3. The molecule has 0 spiro atoms. The summed E-state index contributed by atoms with van der Waals surface area (Å²) in [6.45, 7) is 3.48. The lowest BCUT2D eigenvalue weighted by molar-refractivity contribution is -0.149. The zero-order valence-corrected chi connectivity index (χ0v) is 19.9. The van der Waals surface area contributed by atoms with Gasteiger partial charge in [0.15, 0.2) is 0 Å². The van der Waals surface area contributed by atoms with E-state index in [1.807, 2.05) is 17.9 Å². The summed E-state index contributed by atoms with van der Waals surface area (Å²) in [7, 11) is 0. The van der Waals surface area contributed by atoms with Crippen molar-refractivity contribution in [3.63, 3.8) is 0 Å². The molecule has 5 nitrogen and oxygen atoms in total. The van der Waals surface area contributed by atoms with Crippen molar-refractivity contribution in [3.8, 4) is 0 Å². The van der Waals surface area contributed by atoms with Crippen LogP contribution in [0.5, 0.6) is 0 Å². The molecule has 1 amide bonds. The highest BCUT2D eigenvalue weighted by atomic mass is 16.5. The van der Waals surface area contributed by atoms with Crippen molar-refractivity contribution in [3.05, 3.63) is 65.2 Å². The van der Waals surface area contributed by atoms with Gasteiger partial charge in [0.05, 0.1) is 18.6 Å². The number of nitrogens with one attached hydrogen (secondary N) is 1. The standard InChI is InChI=1S/C29H34N2O3/c1-2-34-29(33)19-12-14-31(15-13-19)28(32)22-10-11-24-23(17-22)25-20-8-9-21(16-20)26(25)27(30-24)18-6-4-3-5-7-18/h3-7,10-11,17,19-21,25-27,30H,2,8-9,12-16H2,1H3. The Balaban J connectivity index is 1.24.